The maximum Gasteiger partial charge on any atom is 0.0840 e. The summed E-state index contributed by atoms with van der Waals surface area (Å²) in [5.74, 6) is 0. The summed E-state index contributed by atoms with van der Waals surface area (Å²) in [5, 5.41) is 1.26. The number of para-hydroxylation sites is 1. The van der Waals surface area contributed by atoms with Crippen molar-refractivity contribution in [3.05, 3.63) is 36.0 Å². The maximum atomic E-state index is 4.51. The van der Waals surface area contributed by atoms with Crippen molar-refractivity contribution >= 4 is 22.7 Å². The van der Waals surface area contributed by atoms with Gasteiger partial charge in [-0.2, -0.15) is 0 Å². The first-order chi connectivity index (χ1) is 7.47. The maximum absolute atomic E-state index is 4.51. The number of nitrogens with zero attached hydrogens (tertiary/aromatic N) is 1. The number of aryl methyl sites for hydroxylation is 1. The number of benzene rings is 1. The highest BCUT2D eigenvalue weighted by atomic mass is 32.2. The SMILES string of the molecule is Cc1ccnc2c(SC(C)(C)C)cccc12. The molecule has 0 saturated carbocycles. The Labute approximate surface area is 101 Å². The van der Waals surface area contributed by atoms with Gasteiger partial charge in [0.2, 0.25) is 0 Å². The van der Waals surface area contributed by atoms with Gasteiger partial charge in [-0.1, -0.05) is 32.9 Å². The van der Waals surface area contributed by atoms with Crippen LogP contribution in [-0.4, -0.2) is 9.73 Å². The Hall–Kier alpha value is -1.02. The van der Waals surface area contributed by atoms with Gasteiger partial charge in [-0.25, -0.2) is 0 Å². The van der Waals surface area contributed by atoms with Crippen LogP contribution in [0.25, 0.3) is 10.9 Å². The summed E-state index contributed by atoms with van der Waals surface area (Å²) in [6, 6.07) is 8.48. The third kappa shape index (κ3) is 2.38. The average molecular weight is 231 g/mol. The zero-order valence-corrected chi connectivity index (χ0v) is 11.1. The molecule has 0 aliphatic heterocycles. The van der Waals surface area contributed by atoms with Gasteiger partial charge in [0.15, 0.2) is 0 Å². The molecule has 2 heteroatoms. The van der Waals surface area contributed by atoms with Crippen LogP contribution in [0, 0.1) is 6.92 Å². The average Bonchev–Trinajstić information content (AvgIpc) is 2.17. The molecule has 2 aromatic rings. The van der Waals surface area contributed by atoms with Crippen molar-refractivity contribution in [1.82, 2.24) is 4.98 Å². The Morgan fingerprint density at radius 3 is 2.56 bits per heavy atom. The lowest BCUT2D eigenvalue weighted by Crippen LogP contribution is -2.06. The van der Waals surface area contributed by atoms with Crippen molar-refractivity contribution in [3.63, 3.8) is 0 Å². The minimum absolute atomic E-state index is 0.222. The van der Waals surface area contributed by atoms with Crippen LogP contribution in [0.3, 0.4) is 0 Å². The molecule has 0 saturated heterocycles. The fourth-order valence-corrected chi connectivity index (χ4v) is 2.76. The number of thioether (sulfide) groups is 1. The summed E-state index contributed by atoms with van der Waals surface area (Å²) in [6.45, 7) is 8.82. The summed E-state index contributed by atoms with van der Waals surface area (Å²) < 4.78 is 0.222. The van der Waals surface area contributed by atoms with Gasteiger partial charge >= 0.3 is 0 Å². The Morgan fingerprint density at radius 1 is 1.12 bits per heavy atom. The molecule has 0 N–H and O–H groups in total. The highest BCUT2D eigenvalue weighted by Gasteiger charge is 2.14. The lowest BCUT2D eigenvalue weighted by atomic mass is 10.1. The monoisotopic (exact) mass is 231 g/mol. The molecule has 84 valence electrons. The van der Waals surface area contributed by atoms with Crippen molar-refractivity contribution in [2.24, 2.45) is 0 Å². The second-order valence-electron chi connectivity index (χ2n) is 4.99. The molecule has 1 heterocycles. The zero-order valence-electron chi connectivity index (χ0n) is 10.2. The molecule has 1 aromatic carbocycles. The smallest absolute Gasteiger partial charge is 0.0840 e. The van der Waals surface area contributed by atoms with E-state index in [0.717, 1.165) is 5.52 Å². The molecule has 0 fully saturated rings. The fraction of sp³-hybridized carbons (Fsp3) is 0.357. The third-order valence-electron chi connectivity index (χ3n) is 2.37. The number of fused-ring (bicyclic) bond motifs is 1. The van der Waals surface area contributed by atoms with E-state index < -0.39 is 0 Å². The van der Waals surface area contributed by atoms with Crippen LogP contribution in [-0.2, 0) is 0 Å². The summed E-state index contributed by atoms with van der Waals surface area (Å²) >= 11 is 1.88. The molecule has 0 unspecified atom stereocenters. The Morgan fingerprint density at radius 2 is 1.88 bits per heavy atom. The molecule has 1 nitrogen and oxygen atoms in total. The van der Waals surface area contributed by atoms with E-state index in [1.54, 1.807) is 0 Å². The lowest BCUT2D eigenvalue weighted by Gasteiger charge is -2.18. The molecule has 0 aliphatic carbocycles. The Kier molecular flexibility index (Phi) is 2.94. The number of hydrogen-bond acceptors (Lipinski definition) is 2. The van der Waals surface area contributed by atoms with Crippen LogP contribution >= 0.6 is 11.8 Å². The predicted molar refractivity (Wildman–Crippen MR) is 72.1 cm³/mol. The van der Waals surface area contributed by atoms with Crippen LogP contribution in [0.2, 0.25) is 0 Å². The molecule has 16 heavy (non-hydrogen) atoms. The van der Waals surface area contributed by atoms with Gasteiger partial charge in [0.25, 0.3) is 0 Å². The highest BCUT2D eigenvalue weighted by molar-refractivity contribution is 8.00. The van der Waals surface area contributed by atoms with Crippen LogP contribution in [0.15, 0.2) is 35.4 Å². The van der Waals surface area contributed by atoms with Crippen molar-refractivity contribution in [1.29, 1.82) is 0 Å². The Bertz CT molecular complexity index is 512. The number of pyridine rings is 1. The number of aromatic nitrogens is 1. The second-order valence-corrected chi connectivity index (χ2v) is 6.86. The predicted octanol–water partition coefficient (Wildman–Crippen LogP) is 4.43. The van der Waals surface area contributed by atoms with Crippen LogP contribution in [0.1, 0.15) is 26.3 Å². The Balaban J connectivity index is 2.58. The zero-order chi connectivity index (χ0) is 11.8. The van der Waals surface area contributed by atoms with Gasteiger partial charge in [0, 0.05) is 21.2 Å². The topological polar surface area (TPSA) is 12.9 Å². The van der Waals surface area contributed by atoms with Gasteiger partial charge in [0.05, 0.1) is 5.52 Å². The van der Waals surface area contributed by atoms with E-state index in [1.807, 2.05) is 18.0 Å². The quantitative estimate of drug-likeness (QED) is 0.673. The fourth-order valence-electron chi connectivity index (χ4n) is 1.70. The molecule has 0 bridgehead atoms. The van der Waals surface area contributed by atoms with Gasteiger partial charge in [-0.15, -0.1) is 11.8 Å². The van der Waals surface area contributed by atoms with Crippen molar-refractivity contribution in [2.75, 3.05) is 0 Å². The number of hydrogen-bond donors (Lipinski definition) is 0. The van der Waals surface area contributed by atoms with E-state index >= 15 is 0 Å². The van der Waals surface area contributed by atoms with Crippen molar-refractivity contribution in [3.8, 4) is 0 Å². The largest absolute Gasteiger partial charge is 0.255 e. The molecule has 0 radical (unpaired) electrons. The van der Waals surface area contributed by atoms with Crippen molar-refractivity contribution < 1.29 is 0 Å². The molecule has 0 atom stereocenters. The normalized spacial score (nSPS) is 12.0. The summed E-state index contributed by atoms with van der Waals surface area (Å²) in [6.07, 6.45) is 1.89. The van der Waals surface area contributed by atoms with E-state index in [2.05, 4.69) is 56.9 Å². The molecule has 0 amide bonds. The lowest BCUT2D eigenvalue weighted by molar-refractivity contribution is 0.803. The van der Waals surface area contributed by atoms with E-state index in [9.17, 15) is 0 Å². The highest BCUT2D eigenvalue weighted by Crippen LogP contribution is 2.36. The molecular formula is C14H17NS. The van der Waals surface area contributed by atoms with Crippen LogP contribution < -0.4 is 0 Å². The van der Waals surface area contributed by atoms with Crippen LogP contribution in [0.5, 0.6) is 0 Å². The van der Waals surface area contributed by atoms with E-state index in [4.69, 9.17) is 0 Å². The van der Waals surface area contributed by atoms with E-state index in [0.29, 0.717) is 0 Å². The van der Waals surface area contributed by atoms with E-state index in [-0.39, 0.29) is 4.75 Å². The summed E-state index contributed by atoms with van der Waals surface area (Å²) in [5.41, 5.74) is 2.42. The molecule has 0 spiro atoms. The van der Waals surface area contributed by atoms with Gasteiger partial charge < -0.3 is 0 Å². The summed E-state index contributed by atoms with van der Waals surface area (Å²) in [4.78, 5) is 5.78. The van der Waals surface area contributed by atoms with Gasteiger partial charge in [-0.05, 0) is 24.6 Å². The van der Waals surface area contributed by atoms with Gasteiger partial charge in [0.1, 0.15) is 0 Å². The van der Waals surface area contributed by atoms with Gasteiger partial charge in [-0.3, -0.25) is 4.98 Å². The first kappa shape index (κ1) is 11.5. The standard InChI is InChI=1S/C14H17NS/c1-10-8-9-15-13-11(10)6-5-7-12(13)16-14(2,3)4/h5-9H,1-4H3. The summed E-state index contributed by atoms with van der Waals surface area (Å²) in [7, 11) is 0. The van der Waals surface area contributed by atoms with E-state index in [1.165, 1.54) is 15.8 Å². The minimum Gasteiger partial charge on any atom is -0.255 e. The minimum atomic E-state index is 0.222. The second kappa shape index (κ2) is 4.10. The number of rotatable bonds is 1. The molecular weight excluding hydrogens is 214 g/mol. The molecule has 1 aromatic heterocycles. The van der Waals surface area contributed by atoms with Crippen molar-refractivity contribution in [2.45, 2.75) is 37.3 Å². The first-order valence-corrected chi connectivity index (χ1v) is 6.32. The molecule has 0 aliphatic rings. The third-order valence-corrected chi connectivity index (χ3v) is 3.53. The van der Waals surface area contributed by atoms with Crippen LogP contribution in [0.4, 0.5) is 0 Å². The first-order valence-electron chi connectivity index (χ1n) is 5.51. The molecule has 2 rings (SSSR count).